The number of fused-ring (bicyclic) bond motifs is 3. The van der Waals surface area contributed by atoms with Gasteiger partial charge in [0.05, 0.1) is 6.54 Å². The van der Waals surface area contributed by atoms with Crippen molar-refractivity contribution in [3.63, 3.8) is 0 Å². The first-order valence-electron chi connectivity index (χ1n) is 8.37. The first-order valence-corrected chi connectivity index (χ1v) is 8.37. The second-order valence-electron chi connectivity index (χ2n) is 6.09. The number of ether oxygens (including phenoxy) is 1. The van der Waals surface area contributed by atoms with E-state index in [1.54, 1.807) is 0 Å². The smallest absolute Gasteiger partial charge is 0.407 e. The number of nitrogens with one attached hydrogen (secondary N) is 2. The Morgan fingerprint density at radius 3 is 2.30 bits per heavy atom. The van der Waals surface area contributed by atoms with Crippen LogP contribution >= 0.6 is 0 Å². The van der Waals surface area contributed by atoms with Crippen LogP contribution in [0.2, 0.25) is 0 Å². The number of carbonyl (C=O) groups excluding carboxylic acids is 1. The van der Waals surface area contributed by atoms with Crippen molar-refractivity contribution in [2.45, 2.75) is 12.5 Å². The van der Waals surface area contributed by atoms with E-state index in [2.05, 4.69) is 32.6 Å². The first-order chi connectivity index (χ1) is 13.1. The highest BCUT2D eigenvalue weighted by atomic mass is 16.5. The maximum atomic E-state index is 12.0. The van der Waals surface area contributed by atoms with E-state index in [1.807, 2.05) is 36.4 Å². The van der Waals surface area contributed by atoms with Gasteiger partial charge in [0, 0.05) is 5.92 Å². The molecule has 0 unspecified atom stereocenters. The van der Waals surface area contributed by atoms with Crippen LogP contribution in [-0.4, -0.2) is 39.0 Å². The van der Waals surface area contributed by atoms with Crippen molar-refractivity contribution < 1.29 is 19.4 Å². The number of carbonyl (C=O) groups is 2. The molecule has 3 aromatic rings. The number of hydrogen-bond donors (Lipinski definition) is 3. The molecule has 136 valence electrons. The lowest BCUT2D eigenvalue weighted by atomic mass is 9.98. The minimum absolute atomic E-state index is 0.00302. The Balaban J connectivity index is 1.39. The molecular formula is C19H16N4O4. The summed E-state index contributed by atoms with van der Waals surface area (Å²) in [5.41, 5.74) is 4.58. The van der Waals surface area contributed by atoms with Crippen LogP contribution in [-0.2, 0) is 11.3 Å². The van der Waals surface area contributed by atoms with Gasteiger partial charge in [-0.05, 0) is 22.3 Å². The fourth-order valence-corrected chi connectivity index (χ4v) is 3.28. The maximum Gasteiger partial charge on any atom is 0.407 e. The third kappa shape index (κ3) is 3.24. The minimum atomic E-state index is -1.24. The van der Waals surface area contributed by atoms with Gasteiger partial charge in [0.25, 0.3) is 5.82 Å². The van der Waals surface area contributed by atoms with Crippen LogP contribution in [0.5, 0.6) is 0 Å². The zero-order valence-electron chi connectivity index (χ0n) is 14.2. The molecule has 3 N–H and O–H groups in total. The highest BCUT2D eigenvalue weighted by Gasteiger charge is 2.28. The number of aromatic carboxylic acids is 1. The van der Waals surface area contributed by atoms with Crippen LogP contribution in [0.4, 0.5) is 4.79 Å². The van der Waals surface area contributed by atoms with E-state index in [0.29, 0.717) is 0 Å². The molecule has 2 aromatic carbocycles. The molecule has 0 fully saturated rings. The number of aromatic nitrogens is 3. The number of amides is 1. The molecular weight excluding hydrogens is 348 g/mol. The topological polar surface area (TPSA) is 117 Å². The van der Waals surface area contributed by atoms with E-state index < -0.39 is 12.1 Å². The van der Waals surface area contributed by atoms with Crippen molar-refractivity contribution in [2.75, 3.05) is 6.61 Å². The fourth-order valence-electron chi connectivity index (χ4n) is 3.28. The molecule has 0 aliphatic heterocycles. The predicted octanol–water partition coefficient (Wildman–Crippen LogP) is 2.54. The van der Waals surface area contributed by atoms with Gasteiger partial charge in [-0.25, -0.2) is 14.6 Å². The van der Waals surface area contributed by atoms with Crippen molar-refractivity contribution in [1.29, 1.82) is 0 Å². The summed E-state index contributed by atoms with van der Waals surface area (Å²) < 4.78 is 5.39. The number of rotatable bonds is 5. The molecule has 4 rings (SSSR count). The first kappa shape index (κ1) is 16.8. The Morgan fingerprint density at radius 2 is 1.70 bits per heavy atom. The summed E-state index contributed by atoms with van der Waals surface area (Å²) in [6, 6.07) is 16.2. The second kappa shape index (κ2) is 6.91. The molecule has 0 saturated carbocycles. The highest BCUT2D eigenvalue weighted by molar-refractivity contribution is 5.83. The van der Waals surface area contributed by atoms with Crippen molar-refractivity contribution in [3.05, 3.63) is 71.3 Å². The van der Waals surface area contributed by atoms with Gasteiger partial charge >= 0.3 is 12.1 Å². The van der Waals surface area contributed by atoms with Gasteiger partial charge in [-0.2, -0.15) is 0 Å². The minimum Gasteiger partial charge on any atom is -0.475 e. The van der Waals surface area contributed by atoms with Gasteiger partial charge < -0.3 is 15.2 Å². The van der Waals surface area contributed by atoms with E-state index in [9.17, 15) is 9.59 Å². The largest absolute Gasteiger partial charge is 0.475 e. The van der Waals surface area contributed by atoms with Gasteiger partial charge in [-0.15, -0.1) is 5.10 Å². The molecule has 0 atom stereocenters. The van der Waals surface area contributed by atoms with Gasteiger partial charge in [-0.3, -0.25) is 5.10 Å². The van der Waals surface area contributed by atoms with Crippen molar-refractivity contribution in [2.24, 2.45) is 0 Å². The number of H-pyrrole nitrogens is 1. The lowest BCUT2D eigenvalue weighted by Gasteiger charge is -2.14. The van der Waals surface area contributed by atoms with Gasteiger partial charge in [-0.1, -0.05) is 48.5 Å². The number of benzene rings is 2. The number of carboxylic acid groups (broad SMARTS) is 1. The lowest BCUT2D eigenvalue weighted by Crippen LogP contribution is -2.26. The van der Waals surface area contributed by atoms with E-state index in [-0.39, 0.29) is 30.7 Å². The Kier molecular flexibility index (Phi) is 4.29. The van der Waals surface area contributed by atoms with Crippen molar-refractivity contribution >= 4 is 12.1 Å². The normalized spacial score (nSPS) is 12.3. The summed E-state index contributed by atoms with van der Waals surface area (Å²) in [4.78, 5) is 26.5. The number of hydrogen-bond acceptors (Lipinski definition) is 5. The van der Waals surface area contributed by atoms with Crippen LogP contribution in [0.15, 0.2) is 48.5 Å². The fraction of sp³-hybridized carbons (Fsp3) is 0.158. The van der Waals surface area contributed by atoms with Crippen LogP contribution in [0, 0.1) is 0 Å². The van der Waals surface area contributed by atoms with Gasteiger partial charge in [0.1, 0.15) is 12.4 Å². The Hall–Kier alpha value is -3.68. The number of carboxylic acids is 1. The Bertz CT molecular complexity index is 969. The highest BCUT2D eigenvalue weighted by Crippen LogP contribution is 2.44. The molecule has 0 bridgehead atoms. The van der Waals surface area contributed by atoms with Crippen molar-refractivity contribution in [3.8, 4) is 11.1 Å². The summed E-state index contributed by atoms with van der Waals surface area (Å²) in [7, 11) is 0. The number of alkyl carbamates (subject to hydrolysis) is 1. The number of aromatic amines is 1. The summed E-state index contributed by atoms with van der Waals surface area (Å²) in [5.74, 6) is -1.37. The van der Waals surface area contributed by atoms with Gasteiger partial charge in [0.15, 0.2) is 0 Å². The molecule has 1 aliphatic carbocycles. The van der Waals surface area contributed by atoms with Crippen molar-refractivity contribution in [1.82, 2.24) is 20.5 Å². The van der Waals surface area contributed by atoms with E-state index in [1.165, 1.54) is 0 Å². The van der Waals surface area contributed by atoms with Crippen LogP contribution in [0.3, 0.4) is 0 Å². The summed E-state index contributed by atoms with van der Waals surface area (Å²) in [6.45, 7) is 0.202. The maximum absolute atomic E-state index is 12.0. The Morgan fingerprint density at radius 1 is 1.07 bits per heavy atom. The van der Waals surface area contributed by atoms with Crippen LogP contribution in [0.25, 0.3) is 11.1 Å². The predicted molar refractivity (Wildman–Crippen MR) is 95.3 cm³/mol. The third-order valence-electron chi connectivity index (χ3n) is 4.47. The molecule has 1 aliphatic rings. The average Bonchev–Trinajstić information content (AvgIpc) is 3.28. The van der Waals surface area contributed by atoms with Gasteiger partial charge in [0.2, 0.25) is 0 Å². The summed E-state index contributed by atoms with van der Waals surface area (Å²) in [5, 5.41) is 17.3. The van der Waals surface area contributed by atoms with Crippen LogP contribution < -0.4 is 5.32 Å². The van der Waals surface area contributed by atoms with E-state index in [0.717, 1.165) is 22.3 Å². The molecule has 0 saturated heterocycles. The quantitative estimate of drug-likeness (QED) is 0.640. The van der Waals surface area contributed by atoms with E-state index >= 15 is 0 Å². The van der Waals surface area contributed by atoms with Crippen LogP contribution in [0.1, 0.15) is 33.5 Å². The molecule has 1 heterocycles. The molecule has 1 aromatic heterocycles. The standard InChI is InChI=1S/C19H16N4O4/c24-18(25)17-21-16(22-23-17)9-20-19(26)27-10-15-13-7-3-1-5-11(13)12-6-2-4-8-14(12)15/h1-8,15H,9-10H2,(H,20,26)(H,24,25)(H,21,22,23). The zero-order valence-corrected chi connectivity index (χ0v) is 14.2. The zero-order chi connectivity index (χ0) is 18.8. The lowest BCUT2D eigenvalue weighted by molar-refractivity contribution is 0.0684. The SMILES string of the molecule is O=C(NCc1nc(C(=O)O)n[nH]1)OCC1c2ccccc2-c2ccccc21. The molecule has 0 radical (unpaired) electrons. The Labute approximate surface area is 154 Å². The molecule has 0 spiro atoms. The summed E-state index contributed by atoms with van der Waals surface area (Å²) in [6.07, 6.45) is -0.606. The molecule has 1 amide bonds. The monoisotopic (exact) mass is 364 g/mol. The second-order valence-corrected chi connectivity index (χ2v) is 6.09. The molecule has 27 heavy (non-hydrogen) atoms. The molecule has 8 heteroatoms. The number of nitrogens with zero attached hydrogens (tertiary/aromatic N) is 2. The average molecular weight is 364 g/mol. The third-order valence-corrected chi connectivity index (χ3v) is 4.47. The molecule has 8 nitrogen and oxygen atoms in total. The van der Waals surface area contributed by atoms with E-state index in [4.69, 9.17) is 9.84 Å². The summed E-state index contributed by atoms with van der Waals surface area (Å²) >= 11 is 0.